The molecule has 1 unspecified atom stereocenters. The molecule has 1 heterocycles. The van der Waals surface area contributed by atoms with Gasteiger partial charge in [0.25, 0.3) is 0 Å². The molecule has 1 rings (SSSR count). The van der Waals surface area contributed by atoms with Gasteiger partial charge >= 0.3 is 0 Å². The van der Waals surface area contributed by atoms with Gasteiger partial charge in [0.2, 0.25) is 0 Å². The molecule has 2 nitrogen and oxygen atoms in total. The van der Waals surface area contributed by atoms with Crippen molar-refractivity contribution in [3.8, 4) is 0 Å². The average Bonchev–Trinajstić information content (AvgIpc) is 2.62. The van der Waals surface area contributed by atoms with Gasteiger partial charge in [0.1, 0.15) is 6.67 Å². The molecule has 0 radical (unpaired) electrons. The van der Waals surface area contributed by atoms with Crippen LogP contribution in [0.4, 0.5) is 4.39 Å². The molecule has 1 fully saturated rings. The van der Waals surface area contributed by atoms with Crippen LogP contribution < -0.4 is 5.32 Å². The maximum absolute atomic E-state index is 12.7. The van der Waals surface area contributed by atoms with E-state index in [0.717, 1.165) is 16.4 Å². The second kappa shape index (κ2) is 6.55. The molecule has 1 saturated heterocycles. The summed E-state index contributed by atoms with van der Waals surface area (Å²) in [5.41, 5.74) is 0.465. The third kappa shape index (κ3) is 3.97. The van der Waals surface area contributed by atoms with E-state index in [1.807, 2.05) is 24.1 Å². The van der Waals surface area contributed by atoms with Crippen LogP contribution in [0.15, 0.2) is 47.6 Å². The topological polar surface area (TPSA) is 15.3 Å². The molecule has 0 amide bonds. The molecule has 17 heavy (non-hydrogen) atoms. The molecule has 1 N–H and O–H groups in total. The Labute approximate surface area is 107 Å². The van der Waals surface area contributed by atoms with E-state index in [1.165, 1.54) is 11.8 Å². The third-order valence-corrected chi connectivity index (χ3v) is 3.35. The van der Waals surface area contributed by atoms with Gasteiger partial charge in [-0.25, -0.2) is 4.39 Å². The number of allylic oxidation sites excluding steroid dienone is 2. The van der Waals surface area contributed by atoms with Crippen LogP contribution in [0.25, 0.3) is 0 Å². The summed E-state index contributed by atoms with van der Waals surface area (Å²) in [5, 5.41) is 4.11. The van der Waals surface area contributed by atoms with Gasteiger partial charge in [0, 0.05) is 17.1 Å². The van der Waals surface area contributed by atoms with Gasteiger partial charge in [-0.2, -0.15) is 0 Å². The lowest BCUT2D eigenvalue weighted by Crippen LogP contribution is -2.34. The summed E-state index contributed by atoms with van der Waals surface area (Å²) in [4.78, 5) is 2.84. The minimum Gasteiger partial charge on any atom is -0.371 e. The number of hydrogen-bond acceptors (Lipinski definition) is 3. The van der Waals surface area contributed by atoms with Gasteiger partial charge in [-0.05, 0) is 12.6 Å². The predicted molar refractivity (Wildman–Crippen MR) is 74.0 cm³/mol. The van der Waals surface area contributed by atoms with E-state index in [1.54, 1.807) is 0 Å². The van der Waals surface area contributed by atoms with Crippen LogP contribution in [0.1, 0.15) is 13.3 Å². The zero-order valence-electron chi connectivity index (χ0n) is 10.2. The molecule has 4 heteroatoms. The Morgan fingerprint density at radius 1 is 1.59 bits per heavy atom. The van der Waals surface area contributed by atoms with Crippen molar-refractivity contribution in [2.24, 2.45) is 0 Å². The van der Waals surface area contributed by atoms with Crippen molar-refractivity contribution in [1.29, 1.82) is 0 Å². The Hall–Kier alpha value is -1.16. The molecule has 1 atom stereocenters. The fourth-order valence-corrected chi connectivity index (χ4v) is 2.28. The highest BCUT2D eigenvalue weighted by molar-refractivity contribution is 8.07. The Morgan fingerprint density at radius 2 is 2.29 bits per heavy atom. The van der Waals surface area contributed by atoms with Crippen molar-refractivity contribution >= 4 is 11.8 Å². The molecule has 0 aromatic rings. The first-order valence-corrected chi connectivity index (χ1v) is 6.39. The van der Waals surface area contributed by atoms with E-state index in [0.29, 0.717) is 12.2 Å². The molecule has 0 spiro atoms. The zero-order valence-corrected chi connectivity index (χ0v) is 11.0. The molecule has 94 valence electrons. The summed E-state index contributed by atoms with van der Waals surface area (Å²) in [6, 6.07) is 0.0947. The highest BCUT2D eigenvalue weighted by Crippen LogP contribution is 2.32. The molecule has 0 aliphatic carbocycles. The fourth-order valence-electron chi connectivity index (χ4n) is 1.48. The van der Waals surface area contributed by atoms with E-state index in [9.17, 15) is 4.39 Å². The van der Waals surface area contributed by atoms with Crippen LogP contribution in [0, 0.1) is 0 Å². The molecule has 0 bridgehead atoms. The van der Waals surface area contributed by atoms with Crippen molar-refractivity contribution < 1.29 is 4.39 Å². The van der Waals surface area contributed by atoms with E-state index in [4.69, 9.17) is 0 Å². The molecule has 1 aliphatic heterocycles. The number of alkyl halides is 1. The second-order valence-corrected chi connectivity index (χ2v) is 5.06. The first kappa shape index (κ1) is 13.9. The van der Waals surface area contributed by atoms with Gasteiger partial charge in [-0.15, -0.1) is 0 Å². The standard InChI is InChI=1S/C13H19FN2S/c1-5-6-7-16(10(2)8-14)9-13-11(3)17-12(4)15-13/h6-7,13,15H,2-5,8-9H2,1H3/b7-6-. The van der Waals surface area contributed by atoms with Crippen LogP contribution in [-0.4, -0.2) is 24.2 Å². The Kier molecular flexibility index (Phi) is 5.35. The lowest BCUT2D eigenvalue weighted by Gasteiger charge is -2.25. The van der Waals surface area contributed by atoms with Crippen LogP contribution in [0.2, 0.25) is 0 Å². The maximum Gasteiger partial charge on any atom is 0.129 e. The first-order valence-electron chi connectivity index (χ1n) is 5.57. The number of halogens is 1. The Morgan fingerprint density at radius 3 is 2.76 bits per heavy atom. The van der Waals surface area contributed by atoms with Crippen LogP contribution >= 0.6 is 11.8 Å². The zero-order chi connectivity index (χ0) is 12.8. The van der Waals surface area contributed by atoms with Crippen molar-refractivity contribution in [2.45, 2.75) is 19.4 Å². The largest absolute Gasteiger partial charge is 0.371 e. The van der Waals surface area contributed by atoms with Gasteiger partial charge < -0.3 is 10.2 Å². The summed E-state index contributed by atoms with van der Waals surface area (Å²) in [7, 11) is 0. The van der Waals surface area contributed by atoms with Crippen LogP contribution in [-0.2, 0) is 0 Å². The highest BCUT2D eigenvalue weighted by atomic mass is 32.2. The lowest BCUT2D eigenvalue weighted by molar-refractivity contribution is 0.379. The number of nitrogens with zero attached hydrogens (tertiary/aromatic N) is 1. The summed E-state index contributed by atoms with van der Waals surface area (Å²) < 4.78 is 12.7. The van der Waals surface area contributed by atoms with E-state index >= 15 is 0 Å². The summed E-state index contributed by atoms with van der Waals surface area (Å²) in [6.45, 7) is 13.7. The van der Waals surface area contributed by atoms with E-state index in [-0.39, 0.29) is 6.04 Å². The number of rotatable bonds is 6. The summed E-state index contributed by atoms with van der Waals surface area (Å²) in [6.07, 6.45) is 4.78. The second-order valence-electron chi connectivity index (χ2n) is 3.83. The number of hydrogen-bond donors (Lipinski definition) is 1. The Balaban J connectivity index is 2.66. The van der Waals surface area contributed by atoms with E-state index < -0.39 is 6.67 Å². The minimum absolute atomic E-state index is 0.0947. The van der Waals surface area contributed by atoms with Gasteiger partial charge in [0.15, 0.2) is 0 Å². The SMILES string of the molecule is C=C1NC(CN(/C=C\CC)C(=C)CF)C(=C)S1. The fraction of sp³-hybridized carbons (Fsp3) is 0.385. The normalized spacial score (nSPS) is 19.8. The maximum atomic E-state index is 12.7. The molecule has 1 aliphatic rings. The lowest BCUT2D eigenvalue weighted by atomic mass is 10.2. The molecular formula is C13H19FN2S. The van der Waals surface area contributed by atoms with Crippen LogP contribution in [0.5, 0.6) is 0 Å². The smallest absolute Gasteiger partial charge is 0.129 e. The summed E-state index contributed by atoms with van der Waals surface area (Å²) >= 11 is 1.54. The monoisotopic (exact) mass is 254 g/mol. The minimum atomic E-state index is -0.540. The first-order chi connectivity index (χ1) is 8.08. The number of nitrogens with one attached hydrogen (secondary N) is 1. The molecule has 0 aromatic heterocycles. The summed E-state index contributed by atoms with van der Waals surface area (Å²) in [5.74, 6) is 0. The van der Waals surface area contributed by atoms with Crippen molar-refractivity contribution in [2.75, 3.05) is 13.2 Å². The van der Waals surface area contributed by atoms with Crippen molar-refractivity contribution in [3.63, 3.8) is 0 Å². The van der Waals surface area contributed by atoms with Gasteiger partial charge in [-0.1, -0.05) is 44.5 Å². The molecule has 0 saturated carbocycles. The highest BCUT2D eigenvalue weighted by Gasteiger charge is 2.24. The average molecular weight is 254 g/mol. The number of thioether (sulfide) groups is 1. The van der Waals surface area contributed by atoms with E-state index in [2.05, 4.69) is 25.1 Å². The Bertz CT molecular complexity index is 349. The van der Waals surface area contributed by atoms with Crippen molar-refractivity contribution in [3.05, 3.63) is 47.6 Å². The third-order valence-electron chi connectivity index (χ3n) is 2.44. The van der Waals surface area contributed by atoms with Gasteiger partial charge in [-0.3, -0.25) is 0 Å². The molecular weight excluding hydrogens is 235 g/mol. The quantitative estimate of drug-likeness (QED) is 0.782. The van der Waals surface area contributed by atoms with Crippen molar-refractivity contribution in [1.82, 2.24) is 10.2 Å². The molecule has 0 aromatic carbocycles. The predicted octanol–water partition coefficient (Wildman–Crippen LogP) is 3.39. The van der Waals surface area contributed by atoms with Crippen LogP contribution in [0.3, 0.4) is 0 Å². The van der Waals surface area contributed by atoms with Gasteiger partial charge in [0.05, 0.1) is 11.1 Å².